The molecule has 12 heteroatoms. The zero-order valence-corrected chi connectivity index (χ0v) is 22.6. The quantitative estimate of drug-likeness (QED) is 0.105. The Labute approximate surface area is 225 Å². The van der Waals surface area contributed by atoms with Gasteiger partial charge in [0.25, 0.3) is 5.91 Å². The first-order chi connectivity index (χ1) is 18.6. The van der Waals surface area contributed by atoms with Gasteiger partial charge in [0.2, 0.25) is 0 Å². The Morgan fingerprint density at radius 2 is 1.08 bits per heavy atom. The molecule has 1 amide bonds. The molecular weight excluding hydrogens is 500 g/mol. The lowest BCUT2D eigenvalue weighted by Gasteiger charge is -2.12. The number of rotatable bonds is 27. The van der Waals surface area contributed by atoms with Gasteiger partial charge in [0.1, 0.15) is 0 Å². The summed E-state index contributed by atoms with van der Waals surface area (Å²) >= 11 is 0. The summed E-state index contributed by atoms with van der Waals surface area (Å²) in [6.07, 6.45) is -0.351. The van der Waals surface area contributed by atoms with E-state index >= 15 is 0 Å². The van der Waals surface area contributed by atoms with Crippen LogP contribution >= 0.6 is 0 Å². The fraction of sp³-hybridized carbons (Fsp3) is 0.731. The van der Waals surface area contributed by atoms with Gasteiger partial charge in [0.05, 0.1) is 85.9 Å². The van der Waals surface area contributed by atoms with Gasteiger partial charge in [0, 0.05) is 32.6 Å². The van der Waals surface area contributed by atoms with Gasteiger partial charge >= 0.3 is 0 Å². The summed E-state index contributed by atoms with van der Waals surface area (Å²) in [6, 6.07) is 6.50. The molecular formula is C26H46N2O10. The maximum atomic E-state index is 11.9. The van der Waals surface area contributed by atoms with Crippen LogP contribution in [-0.4, -0.2) is 124 Å². The van der Waals surface area contributed by atoms with Gasteiger partial charge in [-0.15, -0.1) is 0 Å². The molecule has 0 aliphatic carbocycles. The summed E-state index contributed by atoms with van der Waals surface area (Å²) in [4.78, 5) is 11.9. The average Bonchev–Trinajstić information content (AvgIpc) is 2.93. The molecule has 12 nitrogen and oxygen atoms in total. The van der Waals surface area contributed by atoms with Crippen LogP contribution in [0.25, 0.3) is 0 Å². The lowest BCUT2D eigenvalue weighted by Crippen LogP contribution is -2.32. The van der Waals surface area contributed by atoms with E-state index in [0.29, 0.717) is 110 Å². The number of hydrogen-bond acceptors (Lipinski definition) is 11. The van der Waals surface area contributed by atoms with Gasteiger partial charge in [-0.3, -0.25) is 4.79 Å². The predicted molar refractivity (Wildman–Crippen MR) is 141 cm³/mol. The summed E-state index contributed by atoms with van der Waals surface area (Å²) in [6.45, 7) is 7.89. The zero-order valence-electron chi connectivity index (χ0n) is 22.6. The normalized spacial score (nSPS) is 12.1. The number of benzene rings is 1. The standard InChI is InChI=1S/C26H46N2O10/c1-31-8-2-9-32-11-13-34-15-17-36-19-21-38-22-20-37-18-16-35-14-12-33-10-7-28-26(30)25(29)23-3-5-24(27)6-4-23/h3-6,25,29H,2,7-22,27H2,1H3,(H,28,30). The number of carbonyl (C=O) groups is 1. The molecule has 0 heterocycles. The highest BCUT2D eigenvalue weighted by Crippen LogP contribution is 2.14. The predicted octanol–water partition coefficient (Wildman–Crippen LogP) is 0.571. The van der Waals surface area contributed by atoms with Crippen molar-refractivity contribution in [2.45, 2.75) is 12.5 Å². The van der Waals surface area contributed by atoms with Gasteiger partial charge in [-0.05, 0) is 24.1 Å². The molecule has 0 saturated carbocycles. The Morgan fingerprint density at radius 3 is 1.50 bits per heavy atom. The molecule has 0 aliphatic rings. The van der Waals surface area contributed by atoms with Crippen LogP contribution < -0.4 is 11.1 Å². The third-order valence-corrected chi connectivity index (χ3v) is 4.92. The number of hydrogen-bond donors (Lipinski definition) is 3. The van der Waals surface area contributed by atoms with E-state index in [2.05, 4.69) is 5.32 Å². The van der Waals surface area contributed by atoms with Gasteiger partial charge in [-0.2, -0.15) is 0 Å². The molecule has 0 saturated heterocycles. The summed E-state index contributed by atoms with van der Waals surface area (Å²) in [7, 11) is 1.68. The molecule has 1 aromatic carbocycles. The maximum Gasteiger partial charge on any atom is 0.253 e. The Kier molecular flexibility index (Phi) is 22.8. The van der Waals surface area contributed by atoms with Crippen molar-refractivity contribution >= 4 is 11.6 Å². The first-order valence-corrected chi connectivity index (χ1v) is 13.0. The van der Waals surface area contributed by atoms with Gasteiger partial charge in [-0.1, -0.05) is 12.1 Å². The largest absolute Gasteiger partial charge is 0.399 e. The number of nitrogens with two attached hydrogens (primary N) is 1. The van der Waals surface area contributed by atoms with E-state index < -0.39 is 12.0 Å². The summed E-state index contributed by atoms with van der Waals surface area (Å²) in [5, 5.41) is 12.6. The van der Waals surface area contributed by atoms with Crippen molar-refractivity contribution in [3.63, 3.8) is 0 Å². The molecule has 220 valence electrons. The van der Waals surface area contributed by atoms with Gasteiger partial charge in [-0.25, -0.2) is 0 Å². The molecule has 1 aromatic rings. The molecule has 0 bridgehead atoms. The molecule has 1 rings (SSSR count). The topological polar surface area (TPSA) is 149 Å². The first kappa shape index (κ1) is 34.2. The summed E-state index contributed by atoms with van der Waals surface area (Å²) < 4.78 is 42.9. The number of amides is 1. The van der Waals surface area contributed by atoms with Crippen molar-refractivity contribution in [2.24, 2.45) is 0 Å². The minimum absolute atomic E-state index is 0.290. The number of methoxy groups -OCH3 is 1. The van der Waals surface area contributed by atoms with Crippen molar-refractivity contribution in [1.29, 1.82) is 0 Å². The Morgan fingerprint density at radius 1 is 0.684 bits per heavy atom. The highest BCUT2D eigenvalue weighted by molar-refractivity contribution is 5.81. The number of nitrogen functional groups attached to an aromatic ring is 1. The van der Waals surface area contributed by atoms with Crippen molar-refractivity contribution in [1.82, 2.24) is 5.32 Å². The van der Waals surface area contributed by atoms with Crippen LogP contribution in [0.5, 0.6) is 0 Å². The highest BCUT2D eigenvalue weighted by Gasteiger charge is 2.16. The second-order valence-electron chi connectivity index (χ2n) is 7.99. The van der Waals surface area contributed by atoms with Crippen LogP contribution in [0.1, 0.15) is 18.1 Å². The second kappa shape index (κ2) is 25.4. The lowest BCUT2D eigenvalue weighted by atomic mass is 10.1. The number of aliphatic hydroxyl groups is 1. The van der Waals surface area contributed by atoms with E-state index in [-0.39, 0.29) is 6.54 Å². The van der Waals surface area contributed by atoms with E-state index in [1.54, 1.807) is 31.4 Å². The third-order valence-electron chi connectivity index (χ3n) is 4.92. The number of ether oxygens (including phenoxy) is 8. The maximum absolute atomic E-state index is 11.9. The second-order valence-corrected chi connectivity index (χ2v) is 7.99. The number of nitrogens with one attached hydrogen (secondary N) is 1. The van der Waals surface area contributed by atoms with E-state index in [4.69, 9.17) is 43.6 Å². The average molecular weight is 547 g/mol. The molecule has 38 heavy (non-hydrogen) atoms. The number of aliphatic hydroxyl groups excluding tert-OH is 1. The smallest absolute Gasteiger partial charge is 0.253 e. The molecule has 0 aliphatic heterocycles. The molecule has 4 N–H and O–H groups in total. The Hall–Kier alpha value is -1.87. The van der Waals surface area contributed by atoms with E-state index in [1.165, 1.54) is 0 Å². The van der Waals surface area contributed by atoms with E-state index in [0.717, 1.165) is 6.42 Å². The molecule has 0 radical (unpaired) electrons. The first-order valence-electron chi connectivity index (χ1n) is 13.0. The Bertz CT molecular complexity index is 666. The van der Waals surface area contributed by atoms with Crippen molar-refractivity contribution in [3.05, 3.63) is 29.8 Å². The number of anilines is 1. The molecule has 0 fully saturated rings. The number of carbonyl (C=O) groups excluding carboxylic acids is 1. The van der Waals surface area contributed by atoms with Crippen LogP contribution in [0.2, 0.25) is 0 Å². The van der Waals surface area contributed by atoms with E-state index in [1.807, 2.05) is 0 Å². The van der Waals surface area contributed by atoms with Crippen LogP contribution in [-0.2, 0) is 42.7 Å². The highest BCUT2D eigenvalue weighted by atomic mass is 16.6. The van der Waals surface area contributed by atoms with E-state index in [9.17, 15) is 9.90 Å². The lowest BCUT2D eigenvalue weighted by molar-refractivity contribution is -0.129. The molecule has 1 unspecified atom stereocenters. The minimum Gasteiger partial charge on any atom is -0.399 e. The van der Waals surface area contributed by atoms with Crippen molar-refractivity contribution in [3.8, 4) is 0 Å². The SMILES string of the molecule is COCCCOCCOCCOCCOCCOCCOCCOCCNC(=O)C(O)c1ccc(N)cc1. The molecule has 1 atom stereocenters. The fourth-order valence-electron chi connectivity index (χ4n) is 2.90. The monoisotopic (exact) mass is 546 g/mol. The zero-order chi connectivity index (χ0) is 27.5. The summed E-state index contributed by atoms with van der Waals surface area (Å²) in [5.41, 5.74) is 6.65. The summed E-state index contributed by atoms with van der Waals surface area (Å²) in [5.74, 6) is -0.486. The van der Waals surface area contributed by atoms with Crippen LogP contribution in [0.4, 0.5) is 5.69 Å². The van der Waals surface area contributed by atoms with Gasteiger partial charge in [0.15, 0.2) is 6.10 Å². The van der Waals surface area contributed by atoms with Crippen LogP contribution in [0.15, 0.2) is 24.3 Å². The fourth-order valence-corrected chi connectivity index (χ4v) is 2.90. The van der Waals surface area contributed by atoms with Gasteiger partial charge < -0.3 is 54.1 Å². The third kappa shape index (κ3) is 20.1. The molecule has 0 aromatic heterocycles. The van der Waals surface area contributed by atoms with Crippen molar-refractivity contribution in [2.75, 3.05) is 118 Å². The van der Waals surface area contributed by atoms with Crippen molar-refractivity contribution < 1.29 is 47.8 Å². The van der Waals surface area contributed by atoms with Crippen LogP contribution in [0, 0.1) is 0 Å². The minimum atomic E-state index is -1.24. The van der Waals surface area contributed by atoms with Crippen LogP contribution in [0.3, 0.4) is 0 Å². The molecule has 0 spiro atoms. The Balaban J connectivity index is 1.73.